The normalized spacial score (nSPS) is 21.4. The van der Waals surface area contributed by atoms with Gasteiger partial charge in [-0.05, 0) is 37.3 Å². The van der Waals surface area contributed by atoms with Crippen LogP contribution in [0.4, 0.5) is 0 Å². The average molecular weight is 648 g/mol. The second-order valence-corrected chi connectivity index (χ2v) is 12.1. The number of ether oxygens (including phenoxy) is 1. The third kappa shape index (κ3) is 8.80. The minimum Gasteiger partial charge on any atom is -0.379 e. The standard InChI is InChI=1S/C34H41N5O8/c1-23-20-27(33(44)38(23)28(21-25-10-6-3-7-11-25)34(45)47-39-30(41)14-15-31(39)42)36-32(43)26(13-12-24-8-4-2-5-9-24)35-29(40)22-37-16-18-46-19-17-37/h2-11,23,26-28H,12-22H2,1H3,(H,35,40)(H,36,43)/t23?,26-,27?,28-/m0/s1. The molecule has 13 heteroatoms. The van der Waals surface area contributed by atoms with Crippen LogP contribution in [0.5, 0.6) is 0 Å². The first-order valence-corrected chi connectivity index (χ1v) is 16.1. The number of amides is 5. The van der Waals surface area contributed by atoms with E-state index in [0.29, 0.717) is 44.2 Å². The lowest BCUT2D eigenvalue weighted by Gasteiger charge is -2.31. The predicted octanol–water partition coefficient (Wildman–Crippen LogP) is 0.760. The Balaban J connectivity index is 1.29. The number of carbonyl (C=O) groups excluding carboxylic acids is 6. The van der Waals surface area contributed by atoms with Crippen LogP contribution in [0.25, 0.3) is 0 Å². The van der Waals surface area contributed by atoms with Gasteiger partial charge < -0.3 is 25.1 Å². The number of aryl methyl sites for hydroxylation is 1. The number of hydrogen-bond donors (Lipinski definition) is 2. The highest BCUT2D eigenvalue weighted by atomic mass is 16.7. The van der Waals surface area contributed by atoms with Crippen molar-refractivity contribution in [1.29, 1.82) is 0 Å². The summed E-state index contributed by atoms with van der Waals surface area (Å²) in [6, 6.07) is 15.1. The minimum atomic E-state index is -1.16. The van der Waals surface area contributed by atoms with Crippen LogP contribution in [0.1, 0.15) is 43.7 Å². The molecule has 5 amide bonds. The van der Waals surface area contributed by atoms with Crippen molar-refractivity contribution in [3.8, 4) is 0 Å². The lowest BCUT2D eigenvalue weighted by Crippen LogP contribution is -2.55. The van der Waals surface area contributed by atoms with Gasteiger partial charge in [-0.3, -0.25) is 28.9 Å². The number of benzene rings is 2. The topological polar surface area (TPSA) is 155 Å². The smallest absolute Gasteiger partial charge is 0.355 e. The Morgan fingerprint density at radius 2 is 1.53 bits per heavy atom. The number of nitrogens with one attached hydrogen (secondary N) is 2. The summed E-state index contributed by atoms with van der Waals surface area (Å²) in [6.45, 7) is 4.19. The highest BCUT2D eigenvalue weighted by Crippen LogP contribution is 2.26. The monoisotopic (exact) mass is 647 g/mol. The molecule has 250 valence electrons. The van der Waals surface area contributed by atoms with Crippen molar-refractivity contribution in [2.45, 2.75) is 69.6 Å². The number of rotatable bonds is 13. The van der Waals surface area contributed by atoms with Crippen LogP contribution in [-0.2, 0) is 51.2 Å². The summed E-state index contributed by atoms with van der Waals surface area (Å²) in [6.07, 6.45) is 0.998. The van der Waals surface area contributed by atoms with E-state index in [0.717, 1.165) is 11.1 Å². The van der Waals surface area contributed by atoms with Crippen LogP contribution >= 0.6 is 0 Å². The van der Waals surface area contributed by atoms with Gasteiger partial charge in [0.05, 0.1) is 19.8 Å². The minimum absolute atomic E-state index is 0.0585. The molecule has 0 bridgehead atoms. The number of morpholine rings is 1. The Hall–Kier alpha value is -4.62. The summed E-state index contributed by atoms with van der Waals surface area (Å²) < 4.78 is 5.36. The van der Waals surface area contributed by atoms with Crippen LogP contribution in [0.15, 0.2) is 60.7 Å². The molecule has 0 radical (unpaired) electrons. The van der Waals surface area contributed by atoms with Crippen LogP contribution < -0.4 is 10.6 Å². The number of likely N-dealkylation sites (tertiary alicyclic amines) is 1. The lowest BCUT2D eigenvalue weighted by molar-refractivity contribution is -0.201. The van der Waals surface area contributed by atoms with Gasteiger partial charge in [-0.25, -0.2) is 4.79 Å². The summed E-state index contributed by atoms with van der Waals surface area (Å²) in [4.78, 5) is 87.1. The van der Waals surface area contributed by atoms with Crippen LogP contribution in [0, 0.1) is 0 Å². The van der Waals surface area contributed by atoms with Gasteiger partial charge >= 0.3 is 5.97 Å². The number of nitrogens with zero attached hydrogens (tertiary/aromatic N) is 3. The third-order valence-electron chi connectivity index (χ3n) is 8.67. The molecule has 3 aliphatic rings. The molecule has 0 spiro atoms. The van der Waals surface area contributed by atoms with Gasteiger partial charge in [0.1, 0.15) is 18.1 Å². The lowest BCUT2D eigenvalue weighted by atomic mass is 10.0. The average Bonchev–Trinajstić information content (AvgIpc) is 3.54. The van der Waals surface area contributed by atoms with Crippen molar-refractivity contribution >= 4 is 35.5 Å². The molecule has 13 nitrogen and oxygen atoms in total. The Morgan fingerprint density at radius 3 is 2.17 bits per heavy atom. The van der Waals surface area contributed by atoms with Crippen molar-refractivity contribution in [2.75, 3.05) is 32.8 Å². The number of hydroxylamine groups is 2. The molecular weight excluding hydrogens is 606 g/mol. The van der Waals surface area contributed by atoms with E-state index in [4.69, 9.17) is 9.57 Å². The Kier molecular flexibility index (Phi) is 11.3. The van der Waals surface area contributed by atoms with E-state index in [1.807, 2.05) is 41.3 Å². The van der Waals surface area contributed by atoms with Crippen LogP contribution in [-0.4, -0.2) is 107 Å². The Morgan fingerprint density at radius 1 is 0.915 bits per heavy atom. The zero-order valence-corrected chi connectivity index (χ0v) is 26.5. The van der Waals surface area contributed by atoms with E-state index < -0.39 is 53.8 Å². The van der Waals surface area contributed by atoms with Gasteiger partial charge in [0.25, 0.3) is 11.8 Å². The summed E-state index contributed by atoms with van der Waals surface area (Å²) >= 11 is 0. The highest BCUT2D eigenvalue weighted by molar-refractivity contribution is 6.02. The first-order valence-electron chi connectivity index (χ1n) is 16.1. The molecule has 0 saturated carbocycles. The summed E-state index contributed by atoms with van der Waals surface area (Å²) in [5, 5.41) is 6.17. The molecule has 3 fully saturated rings. The van der Waals surface area contributed by atoms with Gasteiger partial charge in [0.15, 0.2) is 0 Å². The second kappa shape index (κ2) is 15.8. The third-order valence-corrected chi connectivity index (χ3v) is 8.67. The van der Waals surface area contributed by atoms with Gasteiger partial charge in [-0.1, -0.05) is 60.7 Å². The van der Waals surface area contributed by atoms with E-state index >= 15 is 0 Å². The van der Waals surface area contributed by atoms with Gasteiger partial charge in [-0.2, -0.15) is 0 Å². The van der Waals surface area contributed by atoms with Gasteiger partial charge in [-0.15, -0.1) is 5.06 Å². The SMILES string of the molecule is CC1CC(NC(=O)[C@H](CCc2ccccc2)NC(=O)CN2CCOCC2)C(=O)N1[C@@H](Cc1ccccc1)C(=O)ON1C(=O)CCC1=O. The van der Waals surface area contributed by atoms with Gasteiger partial charge in [0, 0.05) is 38.4 Å². The summed E-state index contributed by atoms with van der Waals surface area (Å²) in [5.74, 6) is -3.46. The van der Waals surface area contributed by atoms with E-state index in [1.54, 1.807) is 31.2 Å². The fourth-order valence-electron chi connectivity index (χ4n) is 6.17. The maximum absolute atomic E-state index is 13.9. The van der Waals surface area contributed by atoms with Crippen molar-refractivity contribution in [2.24, 2.45) is 0 Å². The molecule has 3 saturated heterocycles. The molecule has 5 rings (SSSR count). The molecule has 2 aromatic rings. The highest BCUT2D eigenvalue weighted by Gasteiger charge is 2.46. The molecule has 2 unspecified atom stereocenters. The van der Waals surface area contributed by atoms with E-state index in [-0.39, 0.29) is 38.1 Å². The summed E-state index contributed by atoms with van der Waals surface area (Å²) in [5.41, 5.74) is 1.74. The number of imide groups is 1. The van der Waals surface area contributed by atoms with Crippen molar-refractivity contribution in [3.05, 3.63) is 71.8 Å². The quantitative estimate of drug-likeness (QED) is 0.300. The van der Waals surface area contributed by atoms with Crippen LogP contribution in [0.2, 0.25) is 0 Å². The molecule has 47 heavy (non-hydrogen) atoms. The predicted molar refractivity (Wildman–Crippen MR) is 168 cm³/mol. The van der Waals surface area contributed by atoms with Crippen molar-refractivity contribution < 1.29 is 38.3 Å². The second-order valence-electron chi connectivity index (χ2n) is 12.1. The Labute approximate surface area is 273 Å². The first-order chi connectivity index (χ1) is 22.7. The number of hydrogen-bond acceptors (Lipinski definition) is 9. The fraction of sp³-hybridized carbons (Fsp3) is 0.471. The van der Waals surface area contributed by atoms with Crippen molar-refractivity contribution in [1.82, 2.24) is 25.5 Å². The maximum Gasteiger partial charge on any atom is 0.355 e. The first kappa shape index (κ1) is 33.7. The largest absolute Gasteiger partial charge is 0.379 e. The van der Waals surface area contributed by atoms with E-state index in [2.05, 4.69) is 10.6 Å². The summed E-state index contributed by atoms with van der Waals surface area (Å²) in [7, 11) is 0. The molecule has 2 N–H and O–H groups in total. The van der Waals surface area contributed by atoms with Crippen molar-refractivity contribution in [3.63, 3.8) is 0 Å². The molecule has 4 atom stereocenters. The maximum atomic E-state index is 13.9. The van der Waals surface area contributed by atoms with Crippen LogP contribution in [0.3, 0.4) is 0 Å². The van der Waals surface area contributed by atoms with E-state index in [9.17, 15) is 28.8 Å². The zero-order chi connectivity index (χ0) is 33.3. The molecule has 0 aromatic heterocycles. The molecule has 0 aliphatic carbocycles. The molecule has 2 aromatic carbocycles. The molecule has 3 heterocycles. The number of carbonyl (C=O) groups is 6. The van der Waals surface area contributed by atoms with E-state index in [1.165, 1.54) is 4.90 Å². The van der Waals surface area contributed by atoms with Gasteiger partial charge in [0.2, 0.25) is 17.7 Å². The Bertz CT molecular complexity index is 1430. The molecular formula is C34H41N5O8. The molecule has 3 aliphatic heterocycles. The zero-order valence-electron chi connectivity index (χ0n) is 26.5. The fourth-order valence-corrected chi connectivity index (χ4v) is 6.17.